The third kappa shape index (κ3) is 2.07. The van der Waals surface area contributed by atoms with Crippen LogP contribution in [-0.2, 0) is 12.1 Å². The molecule has 0 aliphatic carbocycles. The second kappa shape index (κ2) is 5.46. The lowest BCUT2D eigenvalue weighted by atomic mass is 9.93. The molecule has 4 heteroatoms. The number of fused-ring (bicyclic) bond motifs is 3. The summed E-state index contributed by atoms with van der Waals surface area (Å²) in [6, 6.07) is 23.3. The maximum Gasteiger partial charge on any atom is 0.160 e. The van der Waals surface area contributed by atoms with Crippen LogP contribution in [0.15, 0.2) is 77.2 Å². The topological polar surface area (TPSA) is 18.8 Å². The van der Waals surface area contributed by atoms with Gasteiger partial charge in [0.1, 0.15) is 0 Å². The molecule has 2 aliphatic heterocycles. The highest BCUT2D eigenvalue weighted by Crippen LogP contribution is 2.46. The van der Waals surface area contributed by atoms with Crippen LogP contribution in [0.3, 0.4) is 0 Å². The fourth-order valence-electron chi connectivity index (χ4n) is 4.00. The highest BCUT2D eigenvalue weighted by molar-refractivity contribution is 7.10. The summed E-state index contributed by atoms with van der Waals surface area (Å²) in [7, 11) is 0. The monoisotopic (exact) mass is 345 g/mol. The van der Waals surface area contributed by atoms with E-state index in [9.17, 15) is 0 Å². The molecule has 3 nitrogen and oxygen atoms in total. The van der Waals surface area contributed by atoms with Crippen LogP contribution in [0.25, 0.3) is 0 Å². The molecular formula is C21H19N3S. The highest BCUT2D eigenvalue weighted by atomic mass is 32.1. The van der Waals surface area contributed by atoms with Crippen LogP contribution < -0.4 is 5.01 Å². The molecule has 0 radical (unpaired) electrons. The van der Waals surface area contributed by atoms with Gasteiger partial charge in [0.05, 0.1) is 5.69 Å². The van der Waals surface area contributed by atoms with Crippen LogP contribution >= 0.6 is 11.3 Å². The largest absolute Gasteiger partial charge is 0.326 e. The van der Waals surface area contributed by atoms with E-state index in [1.54, 1.807) is 0 Å². The third-order valence-electron chi connectivity index (χ3n) is 5.24. The Kier molecular flexibility index (Phi) is 3.22. The fraction of sp³-hybridized carbons (Fsp3) is 0.190. The van der Waals surface area contributed by atoms with E-state index < -0.39 is 0 Å². The summed E-state index contributed by atoms with van der Waals surface area (Å²) in [4.78, 5) is 3.94. The van der Waals surface area contributed by atoms with Gasteiger partial charge >= 0.3 is 0 Å². The summed E-state index contributed by atoms with van der Waals surface area (Å²) in [6.45, 7) is 3.28. The predicted octanol–water partition coefficient (Wildman–Crippen LogP) is 4.66. The van der Waals surface area contributed by atoms with Crippen molar-refractivity contribution in [2.45, 2.75) is 19.0 Å². The lowest BCUT2D eigenvalue weighted by Crippen LogP contribution is -2.54. The average molecular weight is 345 g/mol. The molecule has 124 valence electrons. The van der Waals surface area contributed by atoms with Gasteiger partial charge in [0.25, 0.3) is 0 Å². The number of benzene rings is 2. The van der Waals surface area contributed by atoms with E-state index in [4.69, 9.17) is 5.10 Å². The van der Waals surface area contributed by atoms with Crippen LogP contribution in [-0.4, -0.2) is 17.3 Å². The van der Waals surface area contributed by atoms with Gasteiger partial charge in [-0.15, -0.1) is 11.3 Å². The molecule has 0 spiro atoms. The van der Waals surface area contributed by atoms with Gasteiger partial charge in [-0.3, -0.25) is 0 Å². The van der Waals surface area contributed by atoms with Crippen molar-refractivity contribution in [2.24, 2.45) is 5.10 Å². The average Bonchev–Trinajstić information content (AvgIpc) is 3.26. The zero-order chi connectivity index (χ0) is 16.9. The van der Waals surface area contributed by atoms with E-state index in [2.05, 4.69) is 88.9 Å². The normalized spacial score (nSPS) is 21.7. The molecule has 1 aromatic heterocycles. The Labute approximate surface area is 151 Å². The maximum absolute atomic E-state index is 5.10. The summed E-state index contributed by atoms with van der Waals surface area (Å²) >= 11 is 1.86. The minimum Gasteiger partial charge on any atom is -0.326 e. The van der Waals surface area contributed by atoms with E-state index in [0.717, 1.165) is 24.5 Å². The Morgan fingerprint density at radius 1 is 0.960 bits per heavy atom. The summed E-state index contributed by atoms with van der Waals surface area (Å²) in [6.07, 6.45) is 1.08. The molecule has 25 heavy (non-hydrogen) atoms. The van der Waals surface area contributed by atoms with Crippen molar-refractivity contribution in [3.8, 4) is 0 Å². The molecule has 0 N–H and O–H groups in total. The van der Waals surface area contributed by atoms with Crippen molar-refractivity contribution in [3.05, 3.63) is 88.1 Å². The van der Waals surface area contributed by atoms with Crippen LogP contribution in [0.1, 0.15) is 22.9 Å². The van der Waals surface area contributed by atoms with Gasteiger partial charge in [0.15, 0.2) is 11.5 Å². The van der Waals surface area contributed by atoms with E-state index in [-0.39, 0.29) is 5.66 Å². The second-order valence-electron chi connectivity index (χ2n) is 6.62. The number of nitrogens with zero attached hydrogens (tertiary/aromatic N) is 3. The first-order chi connectivity index (χ1) is 12.3. The fourth-order valence-corrected chi connectivity index (χ4v) is 4.96. The Hall–Kier alpha value is -2.59. The molecule has 0 saturated heterocycles. The SMILES string of the molecule is C[C@@]12c3ccsc3CCN1C(c1ccccc1)=NN2c1ccccc1. The van der Waals surface area contributed by atoms with Crippen molar-refractivity contribution in [1.29, 1.82) is 0 Å². The molecule has 0 amide bonds. The van der Waals surface area contributed by atoms with Gasteiger partial charge in [0, 0.05) is 22.5 Å². The van der Waals surface area contributed by atoms with Crippen LogP contribution in [0.5, 0.6) is 0 Å². The van der Waals surface area contributed by atoms with Crippen molar-refractivity contribution in [2.75, 3.05) is 11.6 Å². The Bertz CT molecular complexity index is 932. The first-order valence-corrected chi connectivity index (χ1v) is 9.50. The zero-order valence-electron chi connectivity index (χ0n) is 14.1. The predicted molar refractivity (Wildman–Crippen MR) is 104 cm³/mol. The van der Waals surface area contributed by atoms with E-state index in [0.29, 0.717) is 0 Å². The standard InChI is InChI=1S/C21H19N3S/c1-21-18-13-15-25-19(18)12-14-23(21)20(16-8-4-2-5-9-16)22-24(21)17-10-6-3-7-11-17/h2-11,13,15H,12,14H2,1H3/t21-/m1/s1. The molecule has 5 rings (SSSR count). The number of thiophene rings is 1. The second-order valence-corrected chi connectivity index (χ2v) is 7.62. The van der Waals surface area contributed by atoms with Gasteiger partial charge in [0.2, 0.25) is 0 Å². The van der Waals surface area contributed by atoms with Crippen molar-refractivity contribution in [1.82, 2.24) is 4.90 Å². The lowest BCUT2D eigenvalue weighted by molar-refractivity contribution is 0.198. The Morgan fingerprint density at radius 2 is 1.68 bits per heavy atom. The van der Waals surface area contributed by atoms with Gasteiger partial charge < -0.3 is 4.90 Å². The number of hydrazone groups is 1. The quantitative estimate of drug-likeness (QED) is 0.673. The van der Waals surface area contributed by atoms with E-state index in [1.165, 1.54) is 16.0 Å². The molecule has 3 aromatic rings. The van der Waals surface area contributed by atoms with Crippen molar-refractivity contribution < 1.29 is 0 Å². The third-order valence-corrected chi connectivity index (χ3v) is 6.22. The Morgan fingerprint density at radius 3 is 2.44 bits per heavy atom. The van der Waals surface area contributed by atoms with Crippen LogP contribution in [0.2, 0.25) is 0 Å². The summed E-state index contributed by atoms with van der Waals surface area (Å²) < 4.78 is 0. The molecule has 0 unspecified atom stereocenters. The van der Waals surface area contributed by atoms with Gasteiger partial charge in [-0.1, -0.05) is 48.5 Å². The van der Waals surface area contributed by atoms with Crippen LogP contribution in [0.4, 0.5) is 5.69 Å². The molecule has 3 heterocycles. The Balaban J connectivity index is 1.72. The molecule has 0 bridgehead atoms. The molecule has 2 aromatic carbocycles. The van der Waals surface area contributed by atoms with Gasteiger partial charge in [-0.25, -0.2) is 5.01 Å². The molecular weight excluding hydrogens is 326 g/mol. The maximum atomic E-state index is 5.10. The number of para-hydroxylation sites is 1. The first kappa shape index (κ1) is 14.7. The molecule has 0 fully saturated rings. The number of rotatable bonds is 2. The summed E-state index contributed by atoms with van der Waals surface area (Å²) in [5.41, 5.74) is 3.40. The van der Waals surface area contributed by atoms with E-state index in [1.807, 2.05) is 11.3 Å². The zero-order valence-corrected chi connectivity index (χ0v) is 14.9. The summed E-state index contributed by atoms with van der Waals surface area (Å²) in [5, 5.41) is 9.51. The van der Waals surface area contributed by atoms with Crippen molar-refractivity contribution >= 4 is 22.9 Å². The van der Waals surface area contributed by atoms with Crippen molar-refractivity contribution in [3.63, 3.8) is 0 Å². The minimum absolute atomic E-state index is 0.278. The number of hydrogen-bond acceptors (Lipinski definition) is 4. The molecule has 1 atom stereocenters. The number of amidine groups is 1. The van der Waals surface area contributed by atoms with Gasteiger partial charge in [-0.2, -0.15) is 5.10 Å². The first-order valence-electron chi connectivity index (χ1n) is 8.62. The summed E-state index contributed by atoms with van der Waals surface area (Å²) in [5.74, 6) is 1.06. The molecule has 2 aliphatic rings. The van der Waals surface area contributed by atoms with Crippen LogP contribution in [0, 0.1) is 0 Å². The molecule has 0 saturated carbocycles. The lowest BCUT2D eigenvalue weighted by Gasteiger charge is -2.45. The van der Waals surface area contributed by atoms with E-state index >= 15 is 0 Å². The number of anilines is 1. The highest BCUT2D eigenvalue weighted by Gasteiger charge is 2.50. The smallest absolute Gasteiger partial charge is 0.160 e. The number of hydrogen-bond donors (Lipinski definition) is 0. The van der Waals surface area contributed by atoms with Gasteiger partial charge in [-0.05, 0) is 36.9 Å². The minimum atomic E-state index is -0.278.